The van der Waals surface area contributed by atoms with Crippen LogP contribution in [-0.4, -0.2) is 36.5 Å². The van der Waals surface area contributed by atoms with Gasteiger partial charge in [-0.2, -0.15) is 0 Å². The van der Waals surface area contributed by atoms with Gasteiger partial charge in [0.1, 0.15) is 0 Å². The minimum Gasteiger partial charge on any atom is -0.354 e. The molecule has 0 saturated carbocycles. The first-order valence-electron chi connectivity index (χ1n) is 6.93. The maximum absolute atomic E-state index is 11.5. The number of nitrogens with two attached hydrogens (primary N) is 1. The highest BCUT2D eigenvalue weighted by atomic mass is 32.1. The Bertz CT molecular complexity index is 391. The molecule has 1 aromatic heterocycles. The predicted octanol–water partition coefficient (Wildman–Crippen LogP) is 1.42. The van der Waals surface area contributed by atoms with Crippen LogP contribution in [0.1, 0.15) is 24.6 Å². The van der Waals surface area contributed by atoms with Gasteiger partial charge in [-0.25, -0.2) is 0 Å². The summed E-state index contributed by atoms with van der Waals surface area (Å²) < 4.78 is 0. The summed E-state index contributed by atoms with van der Waals surface area (Å²) in [6, 6.07) is 3.88. The third kappa shape index (κ3) is 4.60. The summed E-state index contributed by atoms with van der Waals surface area (Å²) in [4.78, 5) is 15.4. The van der Waals surface area contributed by atoms with Gasteiger partial charge in [-0.1, -0.05) is 6.07 Å². The molecule has 1 aliphatic heterocycles. The average molecular weight is 281 g/mol. The molecule has 1 saturated heterocycles. The Morgan fingerprint density at radius 2 is 2.53 bits per heavy atom. The van der Waals surface area contributed by atoms with Crippen molar-refractivity contribution in [3.05, 3.63) is 22.4 Å². The molecule has 2 rings (SSSR count). The Morgan fingerprint density at radius 1 is 1.68 bits per heavy atom. The lowest BCUT2D eigenvalue weighted by molar-refractivity contribution is -0.122. The highest BCUT2D eigenvalue weighted by Crippen LogP contribution is 2.19. The van der Waals surface area contributed by atoms with E-state index < -0.39 is 6.04 Å². The maximum Gasteiger partial charge on any atom is 0.236 e. The second-order valence-corrected chi connectivity index (χ2v) is 6.39. The van der Waals surface area contributed by atoms with Gasteiger partial charge < -0.3 is 11.1 Å². The lowest BCUT2D eigenvalue weighted by Gasteiger charge is -2.32. The first-order valence-corrected chi connectivity index (χ1v) is 7.81. The molecule has 1 aromatic rings. The smallest absolute Gasteiger partial charge is 0.236 e. The van der Waals surface area contributed by atoms with E-state index in [9.17, 15) is 4.79 Å². The molecule has 2 heterocycles. The molecule has 1 unspecified atom stereocenters. The van der Waals surface area contributed by atoms with Crippen LogP contribution in [-0.2, 0) is 11.3 Å². The quantitative estimate of drug-likeness (QED) is 0.858. The van der Waals surface area contributed by atoms with Crippen LogP contribution in [0.25, 0.3) is 0 Å². The third-order valence-corrected chi connectivity index (χ3v) is 4.40. The fraction of sp³-hybridized carbons (Fsp3) is 0.643. The Balaban J connectivity index is 1.75. The lowest BCUT2D eigenvalue weighted by atomic mass is 9.98. The fourth-order valence-corrected chi connectivity index (χ4v) is 3.24. The van der Waals surface area contributed by atoms with Crippen LogP contribution < -0.4 is 11.1 Å². The minimum absolute atomic E-state index is 0.0459. The molecule has 2 atom stereocenters. The highest BCUT2D eigenvalue weighted by molar-refractivity contribution is 7.09. The highest BCUT2D eigenvalue weighted by Gasteiger charge is 2.21. The number of carbonyl (C=O) groups is 1. The van der Waals surface area contributed by atoms with Crippen LogP contribution in [0.3, 0.4) is 0 Å². The Kier molecular flexibility index (Phi) is 5.36. The van der Waals surface area contributed by atoms with E-state index in [1.807, 2.05) is 11.3 Å². The number of thiophene rings is 1. The van der Waals surface area contributed by atoms with Gasteiger partial charge in [0.25, 0.3) is 0 Å². The number of rotatable bonds is 5. The van der Waals surface area contributed by atoms with Crippen LogP contribution in [0, 0.1) is 5.92 Å². The van der Waals surface area contributed by atoms with Crippen molar-refractivity contribution in [3.8, 4) is 0 Å². The number of carbonyl (C=O) groups excluding carboxylic acids is 1. The zero-order chi connectivity index (χ0) is 13.7. The fourth-order valence-electron chi connectivity index (χ4n) is 2.49. The lowest BCUT2D eigenvalue weighted by Crippen LogP contribution is -2.44. The van der Waals surface area contributed by atoms with E-state index in [0.29, 0.717) is 5.92 Å². The van der Waals surface area contributed by atoms with E-state index in [0.717, 1.165) is 26.2 Å². The van der Waals surface area contributed by atoms with Gasteiger partial charge in [0.2, 0.25) is 5.91 Å². The van der Waals surface area contributed by atoms with Gasteiger partial charge in [-0.15, -0.1) is 11.3 Å². The molecule has 106 valence electrons. The van der Waals surface area contributed by atoms with Gasteiger partial charge >= 0.3 is 0 Å². The number of likely N-dealkylation sites (tertiary alicyclic amines) is 1. The van der Waals surface area contributed by atoms with E-state index in [1.165, 1.54) is 17.7 Å². The van der Waals surface area contributed by atoms with Crippen molar-refractivity contribution in [2.45, 2.75) is 32.4 Å². The SMILES string of the molecule is C[C@@H](N)C(=O)NCC1CCCN(Cc2cccs2)C1. The maximum atomic E-state index is 11.5. The van der Waals surface area contributed by atoms with Crippen LogP contribution in [0.2, 0.25) is 0 Å². The number of piperidine rings is 1. The molecule has 5 heteroatoms. The molecule has 4 nitrogen and oxygen atoms in total. The standard InChI is InChI=1S/C14H23N3OS/c1-11(15)14(18)16-8-12-4-2-6-17(9-12)10-13-5-3-7-19-13/h3,5,7,11-12H,2,4,6,8-10,15H2,1H3,(H,16,18)/t11-,12?/m1/s1. The Hall–Kier alpha value is -0.910. The van der Waals surface area contributed by atoms with Crippen LogP contribution in [0.4, 0.5) is 0 Å². The Morgan fingerprint density at radius 3 is 3.21 bits per heavy atom. The van der Waals surface area contributed by atoms with E-state index >= 15 is 0 Å². The van der Waals surface area contributed by atoms with E-state index in [4.69, 9.17) is 5.73 Å². The second-order valence-electron chi connectivity index (χ2n) is 5.36. The first kappa shape index (κ1) is 14.5. The summed E-state index contributed by atoms with van der Waals surface area (Å²) >= 11 is 1.81. The molecule has 1 fully saturated rings. The predicted molar refractivity (Wildman–Crippen MR) is 79.0 cm³/mol. The third-order valence-electron chi connectivity index (χ3n) is 3.54. The normalized spacial score (nSPS) is 22.1. The molecule has 0 bridgehead atoms. The van der Waals surface area contributed by atoms with Crippen LogP contribution >= 0.6 is 11.3 Å². The molecule has 0 aliphatic carbocycles. The summed E-state index contributed by atoms with van der Waals surface area (Å²) in [5, 5.41) is 5.07. The van der Waals surface area contributed by atoms with Crippen molar-refractivity contribution in [3.63, 3.8) is 0 Å². The van der Waals surface area contributed by atoms with Gasteiger partial charge in [0.05, 0.1) is 6.04 Å². The van der Waals surface area contributed by atoms with Crippen molar-refractivity contribution in [2.24, 2.45) is 11.7 Å². The van der Waals surface area contributed by atoms with Crippen molar-refractivity contribution in [1.29, 1.82) is 0 Å². The number of amides is 1. The van der Waals surface area contributed by atoms with E-state index in [2.05, 4.69) is 27.7 Å². The molecular formula is C14H23N3OS. The molecule has 19 heavy (non-hydrogen) atoms. The molecular weight excluding hydrogens is 258 g/mol. The molecule has 0 radical (unpaired) electrons. The molecule has 0 aromatic carbocycles. The van der Waals surface area contributed by atoms with Gasteiger partial charge in [0, 0.05) is 24.5 Å². The minimum atomic E-state index is -0.411. The number of hydrogen-bond donors (Lipinski definition) is 2. The average Bonchev–Trinajstić information content (AvgIpc) is 2.89. The van der Waals surface area contributed by atoms with E-state index in [-0.39, 0.29) is 5.91 Å². The summed E-state index contributed by atoms with van der Waals surface area (Å²) in [7, 11) is 0. The van der Waals surface area contributed by atoms with Crippen molar-refractivity contribution >= 4 is 17.2 Å². The van der Waals surface area contributed by atoms with Crippen LogP contribution in [0.5, 0.6) is 0 Å². The first-order chi connectivity index (χ1) is 9.15. The summed E-state index contributed by atoms with van der Waals surface area (Å²) in [5.41, 5.74) is 5.55. The number of nitrogens with one attached hydrogen (secondary N) is 1. The second kappa shape index (κ2) is 7.03. The van der Waals surface area contributed by atoms with Gasteiger partial charge in [-0.3, -0.25) is 9.69 Å². The summed E-state index contributed by atoms with van der Waals surface area (Å²) in [6.07, 6.45) is 2.41. The van der Waals surface area contributed by atoms with E-state index in [1.54, 1.807) is 6.92 Å². The Labute approximate surface area is 119 Å². The topological polar surface area (TPSA) is 58.4 Å². The monoisotopic (exact) mass is 281 g/mol. The van der Waals surface area contributed by atoms with Crippen molar-refractivity contribution in [2.75, 3.05) is 19.6 Å². The molecule has 1 amide bonds. The zero-order valence-electron chi connectivity index (χ0n) is 11.5. The molecule has 0 spiro atoms. The summed E-state index contributed by atoms with van der Waals surface area (Å²) in [6.45, 7) is 5.74. The molecule has 1 aliphatic rings. The number of hydrogen-bond acceptors (Lipinski definition) is 4. The number of nitrogens with zero attached hydrogens (tertiary/aromatic N) is 1. The van der Waals surface area contributed by atoms with Gasteiger partial charge in [-0.05, 0) is 43.7 Å². The van der Waals surface area contributed by atoms with Crippen molar-refractivity contribution in [1.82, 2.24) is 10.2 Å². The zero-order valence-corrected chi connectivity index (χ0v) is 12.3. The van der Waals surface area contributed by atoms with Crippen molar-refractivity contribution < 1.29 is 4.79 Å². The van der Waals surface area contributed by atoms with Gasteiger partial charge in [0.15, 0.2) is 0 Å². The summed E-state index contributed by atoms with van der Waals surface area (Å²) in [5.74, 6) is 0.506. The molecule has 3 N–H and O–H groups in total. The van der Waals surface area contributed by atoms with Crippen LogP contribution in [0.15, 0.2) is 17.5 Å². The largest absolute Gasteiger partial charge is 0.354 e.